The van der Waals surface area contributed by atoms with Crippen molar-refractivity contribution in [3.63, 3.8) is 0 Å². The predicted octanol–water partition coefficient (Wildman–Crippen LogP) is 2.82. The average Bonchev–Trinajstić information content (AvgIpc) is 2.61. The molecule has 0 aromatic heterocycles. The lowest BCUT2D eigenvalue weighted by Crippen LogP contribution is -2.31. The molecule has 0 saturated heterocycles. The number of carbonyl (C=O) groups excluding carboxylic acids is 2. The number of ketones is 2. The molecule has 0 unspecified atom stereocenters. The summed E-state index contributed by atoms with van der Waals surface area (Å²) >= 11 is 0. The average molecular weight is 357 g/mol. The number of Topliss-reactive ketones (excluding diaryl/α,β-unsaturated/α-hetero) is 1. The van der Waals surface area contributed by atoms with Crippen LogP contribution in [0.3, 0.4) is 0 Å². The predicted molar refractivity (Wildman–Crippen MR) is 95.3 cm³/mol. The van der Waals surface area contributed by atoms with Crippen molar-refractivity contribution in [3.8, 4) is 0 Å². The standard InChI is InChI=1S/C20H23NO5/c1-3-4-5-18-13-9-14-15(20(25)16(21-2)10-17(14)22)7-11(13)6-12(26-18)8-19(23)24/h7,9-10,12,18,21H,3-6,8H2,1-2H3,(H,23,24)/t12-,18-/m1/s1. The fourth-order valence-electron chi connectivity index (χ4n) is 3.66. The fourth-order valence-corrected chi connectivity index (χ4v) is 3.66. The van der Waals surface area contributed by atoms with Gasteiger partial charge in [-0.1, -0.05) is 19.8 Å². The second-order valence-electron chi connectivity index (χ2n) is 6.79. The molecule has 0 saturated carbocycles. The molecule has 6 nitrogen and oxygen atoms in total. The second-order valence-corrected chi connectivity index (χ2v) is 6.79. The van der Waals surface area contributed by atoms with Crippen molar-refractivity contribution in [2.24, 2.45) is 0 Å². The molecule has 0 bridgehead atoms. The Morgan fingerprint density at radius 1 is 1.31 bits per heavy atom. The number of nitrogens with one attached hydrogen (secondary N) is 1. The number of likely N-dealkylation sites (N-methyl/N-ethyl adjacent to an activating group) is 1. The largest absolute Gasteiger partial charge is 0.481 e. The van der Waals surface area contributed by atoms with Crippen molar-refractivity contribution in [2.45, 2.75) is 51.2 Å². The van der Waals surface area contributed by atoms with E-state index in [1.54, 1.807) is 19.2 Å². The van der Waals surface area contributed by atoms with E-state index in [0.29, 0.717) is 17.5 Å². The maximum absolute atomic E-state index is 12.6. The van der Waals surface area contributed by atoms with Crippen LogP contribution in [0.5, 0.6) is 0 Å². The molecule has 2 atom stereocenters. The minimum Gasteiger partial charge on any atom is -0.481 e. The van der Waals surface area contributed by atoms with Crippen LogP contribution in [0, 0.1) is 0 Å². The third-order valence-corrected chi connectivity index (χ3v) is 4.95. The summed E-state index contributed by atoms with van der Waals surface area (Å²) in [5.74, 6) is -1.32. The van der Waals surface area contributed by atoms with Gasteiger partial charge in [0.2, 0.25) is 5.78 Å². The minimum absolute atomic E-state index is 0.0757. The number of rotatable bonds is 6. The van der Waals surface area contributed by atoms with Gasteiger partial charge in [-0.15, -0.1) is 0 Å². The summed E-state index contributed by atoms with van der Waals surface area (Å²) in [4.78, 5) is 36.1. The molecular weight excluding hydrogens is 334 g/mol. The molecule has 6 heteroatoms. The monoisotopic (exact) mass is 357 g/mol. The van der Waals surface area contributed by atoms with Gasteiger partial charge in [-0.2, -0.15) is 0 Å². The van der Waals surface area contributed by atoms with E-state index in [2.05, 4.69) is 12.2 Å². The number of carbonyl (C=O) groups is 3. The Balaban J connectivity index is 2.03. The van der Waals surface area contributed by atoms with E-state index in [-0.39, 0.29) is 29.8 Å². The molecule has 1 aliphatic heterocycles. The number of hydrogen-bond donors (Lipinski definition) is 2. The lowest BCUT2D eigenvalue weighted by molar-refractivity contribution is -0.142. The van der Waals surface area contributed by atoms with Crippen LogP contribution < -0.4 is 5.32 Å². The molecular formula is C20H23NO5. The van der Waals surface area contributed by atoms with E-state index < -0.39 is 12.1 Å². The van der Waals surface area contributed by atoms with Crippen molar-refractivity contribution in [3.05, 3.63) is 46.2 Å². The number of unbranched alkanes of at least 4 members (excludes halogenated alkanes) is 1. The highest BCUT2D eigenvalue weighted by atomic mass is 16.5. The Morgan fingerprint density at radius 2 is 2.08 bits per heavy atom. The van der Waals surface area contributed by atoms with Crippen molar-refractivity contribution < 1.29 is 24.2 Å². The van der Waals surface area contributed by atoms with Gasteiger partial charge in [0, 0.05) is 24.3 Å². The minimum atomic E-state index is -0.905. The third kappa shape index (κ3) is 3.42. The van der Waals surface area contributed by atoms with Crippen LogP contribution >= 0.6 is 0 Å². The number of carboxylic acid groups (broad SMARTS) is 1. The summed E-state index contributed by atoms with van der Waals surface area (Å²) in [7, 11) is 1.61. The number of benzene rings is 1. The Labute approximate surface area is 152 Å². The number of carboxylic acids is 1. The van der Waals surface area contributed by atoms with Crippen molar-refractivity contribution in [2.75, 3.05) is 7.05 Å². The maximum Gasteiger partial charge on any atom is 0.305 e. The summed E-state index contributed by atoms with van der Waals surface area (Å²) in [5, 5.41) is 11.9. The second kappa shape index (κ2) is 7.41. The molecule has 26 heavy (non-hydrogen) atoms. The summed E-state index contributed by atoms with van der Waals surface area (Å²) in [5.41, 5.74) is 2.86. The van der Waals surface area contributed by atoms with Crippen molar-refractivity contribution >= 4 is 17.5 Å². The van der Waals surface area contributed by atoms with Crippen LogP contribution in [0.25, 0.3) is 0 Å². The molecule has 0 radical (unpaired) electrons. The molecule has 0 fully saturated rings. The molecule has 2 aliphatic rings. The smallest absolute Gasteiger partial charge is 0.305 e. The summed E-state index contributed by atoms with van der Waals surface area (Å²) in [6.45, 7) is 2.08. The Morgan fingerprint density at radius 3 is 2.73 bits per heavy atom. The first-order valence-electron chi connectivity index (χ1n) is 8.97. The van der Waals surface area contributed by atoms with Crippen molar-refractivity contribution in [1.82, 2.24) is 5.32 Å². The zero-order valence-electron chi connectivity index (χ0n) is 15.0. The van der Waals surface area contributed by atoms with Crippen molar-refractivity contribution in [1.29, 1.82) is 0 Å². The van der Waals surface area contributed by atoms with Gasteiger partial charge in [-0.25, -0.2) is 0 Å². The number of allylic oxidation sites excluding steroid dienone is 2. The Bertz CT molecular complexity index is 796. The lowest BCUT2D eigenvalue weighted by Gasteiger charge is -2.33. The zero-order valence-corrected chi connectivity index (χ0v) is 15.0. The molecule has 0 spiro atoms. The third-order valence-electron chi connectivity index (χ3n) is 4.95. The summed E-state index contributed by atoms with van der Waals surface area (Å²) in [6.07, 6.45) is 3.71. The molecule has 1 aromatic rings. The molecule has 138 valence electrons. The maximum atomic E-state index is 12.6. The highest BCUT2D eigenvalue weighted by Crippen LogP contribution is 2.37. The van der Waals surface area contributed by atoms with Crippen LogP contribution in [0.15, 0.2) is 23.9 Å². The number of ether oxygens (including phenoxy) is 1. The van der Waals surface area contributed by atoms with Crippen LogP contribution in [0.2, 0.25) is 0 Å². The van der Waals surface area contributed by atoms with Gasteiger partial charge in [-0.3, -0.25) is 14.4 Å². The van der Waals surface area contributed by atoms with Gasteiger partial charge in [0.15, 0.2) is 5.78 Å². The normalized spacial score (nSPS) is 21.7. The van der Waals surface area contributed by atoms with Crippen LogP contribution in [0.4, 0.5) is 0 Å². The van der Waals surface area contributed by atoms with Gasteiger partial charge in [0.05, 0.1) is 24.3 Å². The van der Waals surface area contributed by atoms with Gasteiger partial charge in [-0.05, 0) is 36.1 Å². The molecule has 1 aliphatic carbocycles. The van der Waals surface area contributed by atoms with Gasteiger partial charge in [0.25, 0.3) is 0 Å². The Hall–Kier alpha value is -2.47. The van der Waals surface area contributed by atoms with E-state index in [1.807, 2.05) is 0 Å². The Kier molecular flexibility index (Phi) is 5.23. The molecule has 1 aromatic carbocycles. The van der Waals surface area contributed by atoms with E-state index in [0.717, 1.165) is 30.4 Å². The fraction of sp³-hybridized carbons (Fsp3) is 0.450. The van der Waals surface area contributed by atoms with Crippen LogP contribution in [-0.2, 0) is 16.0 Å². The SMILES string of the molecule is CCCC[C@H]1O[C@@H](CC(=O)O)Cc2cc3c(cc21)C(=O)C=C(NC)C3=O. The van der Waals surface area contributed by atoms with Crippen LogP contribution in [-0.4, -0.2) is 35.8 Å². The topological polar surface area (TPSA) is 92.7 Å². The summed E-state index contributed by atoms with van der Waals surface area (Å²) in [6, 6.07) is 3.52. The molecule has 1 heterocycles. The van der Waals surface area contributed by atoms with E-state index in [1.165, 1.54) is 6.08 Å². The lowest BCUT2D eigenvalue weighted by atomic mass is 9.83. The highest BCUT2D eigenvalue weighted by molar-refractivity contribution is 6.24. The first-order chi connectivity index (χ1) is 12.4. The van der Waals surface area contributed by atoms with Gasteiger partial charge < -0.3 is 15.2 Å². The zero-order chi connectivity index (χ0) is 18.8. The summed E-state index contributed by atoms with van der Waals surface area (Å²) < 4.78 is 6.02. The first-order valence-corrected chi connectivity index (χ1v) is 8.97. The van der Waals surface area contributed by atoms with E-state index >= 15 is 0 Å². The van der Waals surface area contributed by atoms with Crippen LogP contribution in [0.1, 0.15) is 70.6 Å². The highest BCUT2D eigenvalue weighted by Gasteiger charge is 2.33. The molecule has 3 rings (SSSR count). The first kappa shape index (κ1) is 18.3. The van der Waals surface area contributed by atoms with E-state index in [9.17, 15) is 14.4 Å². The number of aliphatic carboxylic acids is 1. The number of hydrogen-bond acceptors (Lipinski definition) is 5. The number of fused-ring (bicyclic) bond motifs is 2. The molecule has 2 N–H and O–H groups in total. The van der Waals surface area contributed by atoms with Gasteiger partial charge in [0.1, 0.15) is 0 Å². The molecule has 0 amide bonds. The quantitative estimate of drug-likeness (QED) is 0.813. The van der Waals surface area contributed by atoms with E-state index in [4.69, 9.17) is 9.84 Å². The van der Waals surface area contributed by atoms with Gasteiger partial charge >= 0.3 is 5.97 Å².